The van der Waals surface area contributed by atoms with Crippen LogP contribution in [0.5, 0.6) is 0 Å². The van der Waals surface area contributed by atoms with E-state index in [-0.39, 0.29) is 0 Å². The molecule has 2 nitrogen and oxygen atoms in total. The van der Waals surface area contributed by atoms with Crippen LogP contribution in [-0.2, 0) is 13.6 Å². The fourth-order valence-corrected chi connectivity index (χ4v) is 1.62. The van der Waals surface area contributed by atoms with Gasteiger partial charge < -0.3 is 0 Å². The molecule has 0 saturated heterocycles. The van der Waals surface area contributed by atoms with Crippen molar-refractivity contribution >= 4 is 0 Å². The molecule has 1 heterocycles. The minimum atomic E-state index is 0.941. The number of aromatic nitrogens is 2. The predicted octanol–water partition coefficient (Wildman–Crippen LogP) is 1.67. The Hall–Kier alpha value is -1.57. The van der Waals surface area contributed by atoms with Gasteiger partial charge in [0.2, 0.25) is 0 Å². The Balaban J connectivity index is 2.27. The van der Waals surface area contributed by atoms with Crippen LogP contribution in [0, 0.1) is 6.92 Å². The average Bonchev–Trinajstić information content (AvgIpc) is 2.51. The minimum absolute atomic E-state index is 0.941. The molecule has 0 radical (unpaired) electrons. The molecule has 1 aromatic heterocycles. The van der Waals surface area contributed by atoms with Crippen LogP contribution in [0.2, 0.25) is 0 Å². The topological polar surface area (TPSA) is 8.81 Å². The Morgan fingerprint density at radius 1 is 1.14 bits per heavy atom. The first-order valence-corrected chi connectivity index (χ1v) is 4.83. The Morgan fingerprint density at radius 3 is 2.43 bits per heavy atom. The molecule has 14 heavy (non-hydrogen) atoms. The Kier molecular flexibility index (Phi) is 2.35. The highest BCUT2D eigenvalue weighted by atomic mass is 15.4. The molecule has 2 aromatic rings. The third-order valence-corrected chi connectivity index (χ3v) is 2.49. The summed E-state index contributed by atoms with van der Waals surface area (Å²) in [4.78, 5) is 0. The summed E-state index contributed by atoms with van der Waals surface area (Å²) < 4.78 is 4.36. The highest BCUT2D eigenvalue weighted by Crippen LogP contribution is 2.02. The second kappa shape index (κ2) is 3.66. The normalized spacial score (nSPS) is 10.4. The first kappa shape index (κ1) is 9.00. The smallest absolute Gasteiger partial charge is 0.154 e. The van der Waals surface area contributed by atoms with Gasteiger partial charge >= 0.3 is 0 Å². The van der Waals surface area contributed by atoms with Crippen molar-refractivity contribution in [3.05, 3.63) is 53.9 Å². The van der Waals surface area contributed by atoms with Crippen LogP contribution >= 0.6 is 0 Å². The van der Waals surface area contributed by atoms with Gasteiger partial charge in [0.15, 0.2) is 13.2 Å². The van der Waals surface area contributed by atoms with E-state index in [1.54, 1.807) is 0 Å². The summed E-state index contributed by atoms with van der Waals surface area (Å²) in [6.45, 7) is 3.07. The molecule has 0 fully saturated rings. The second-order valence-electron chi connectivity index (χ2n) is 3.57. The summed E-state index contributed by atoms with van der Waals surface area (Å²) in [6, 6.07) is 12.6. The lowest BCUT2D eigenvalue weighted by molar-refractivity contribution is -0.753. The van der Waals surface area contributed by atoms with E-state index in [0.717, 1.165) is 6.54 Å². The minimum Gasteiger partial charge on any atom is -0.154 e. The Labute approximate surface area is 84.4 Å². The fourth-order valence-electron chi connectivity index (χ4n) is 1.62. The number of nitrogens with zero attached hydrogens (tertiary/aromatic N) is 2. The van der Waals surface area contributed by atoms with Crippen LogP contribution in [0.15, 0.2) is 42.6 Å². The summed E-state index contributed by atoms with van der Waals surface area (Å²) in [5, 5.41) is 0. The standard InChI is InChI=1S/C12H15N2/c1-11-8-9-13(2)14(11)10-12-6-4-3-5-7-12/h3-9H,10H2,1-2H3/q+1. The van der Waals surface area contributed by atoms with Crippen molar-refractivity contribution in [2.45, 2.75) is 13.5 Å². The molecule has 0 aliphatic carbocycles. The molecule has 1 aromatic carbocycles. The lowest BCUT2D eigenvalue weighted by Gasteiger charge is -2.02. The predicted molar refractivity (Wildman–Crippen MR) is 55.9 cm³/mol. The van der Waals surface area contributed by atoms with Gasteiger partial charge in [-0.2, -0.15) is 4.68 Å². The van der Waals surface area contributed by atoms with Crippen molar-refractivity contribution in [2.75, 3.05) is 0 Å². The van der Waals surface area contributed by atoms with E-state index in [2.05, 4.69) is 59.9 Å². The van der Waals surface area contributed by atoms with Gasteiger partial charge in [-0.25, -0.2) is 0 Å². The zero-order chi connectivity index (χ0) is 9.97. The third-order valence-electron chi connectivity index (χ3n) is 2.49. The number of hydrogen-bond acceptors (Lipinski definition) is 0. The molecule has 0 saturated carbocycles. The van der Waals surface area contributed by atoms with E-state index in [1.165, 1.54) is 11.3 Å². The summed E-state index contributed by atoms with van der Waals surface area (Å²) in [5.74, 6) is 0. The first-order chi connectivity index (χ1) is 6.77. The summed E-state index contributed by atoms with van der Waals surface area (Å²) in [6.07, 6.45) is 2.08. The van der Waals surface area contributed by atoms with Gasteiger partial charge in [-0.3, -0.25) is 0 Å². The highest BCUT2D eigenvalue weighted by Gasteiger charge is 2.07. The van der Waals surface area contributed by atoms with Gasteiger partial charge in [0, 0.05) is 6.07 Å². The van der Waals surface area contributed by atoms with Crippen LogP contribution in [0.1, 0.15) is 11.3 Å². The van der Waals surface area contributed by atoms with Crippen LogP contribution in [-0.4, -0.2) is 4.68 Å². The zero-order valence-electron chi connectivity index (χ0n) is 8.64. The quantitative estimate of drug-likeness (QED) is 0.632. The molecule has 0 unspecified atom stereocenters. The van der Waals surface area contributed by atoms with E-state index in [4.69, 9.17) is 0 Å². The van der Waals surface area contributed by atoms with E-state index in [9.17, 15) is 0 Å². The average molecular weight is 187 g/mol. The molecule has 0 spiro atoms. The maximum atomic E-state index is 2.25. The van der Waals surface area contributed by atoms with Crippen LogP contribution < -0.4 is 4.68 Å². The van der Waals surface area contributed by atoms with E-state index in [1.807, 2.05) is 6.07 Å². The zero-order valence-corrected chi connectivity index (χ0v) is 8.64. The monoisotopic (exact) mass is 187 g/mol. The number of hydrogen-bond donors (Lipinski definition) is 0. The molecule has 0 N–H and O–H groups in total. The van der Waals surface area contributed by atoms with Crippen molar-refractivity contribution < 1.29 is 4.68 Å². The summed E-state index contributed by atoms with van der Waals surface area (Å²) >= 11 is 0. The van der Waals surface area contributed by atoms with Crippen molar-refractivity contribution in [3.63, 3.8) is 0 Å². The molecule has 72 valence electrons. The van der Waals surface area contributed by atoms with Crippen LogP contribution in [0.4, 0.5) is 0 Å². The van der Waals surface area contributed by atoms with Crippen LogP contribution in [0.3, 0.4) is 0 Å². The molecule has 2 rings (SSSR count). The molecule has 0 aliphatic rings. The maximum Gasteiger partial charge on any atom is 0.195 e. The third kappa shape index (κ3) is 1.69. The maximum absolute atomic E-state index is 2.25. The molecule has 0 aliphatic heterocycles. The van der Waals surface area contributed by atoms with Crippen LogP contribution in [0.25, 0.3) is 0 Å². The molecule has 0 amide bonds. The van der Waals surface area contributed by atoms with Crippen molar-refractivity contribution in [1.82, 2.24) is 4.68 Å². The Morgan fingerprint density at radius 2 is 1.86 bits per heavy atom. The second-order valence-corrected chi connectivity index (χ2v) is 3.57. The number of benzene rings is 1. The van der Waals surface area contributed by atoms with Gasteiger partial charge in [-0.1, -0.05) is 30.3 Å². The largest absolute Gasteiger partial charge is 0.195 e. The Bertz CT molecular complexity index is 396. The van der Waals surface area contributed by atoms with E-state index >= 15 is 0 Å². The lowest BCUT2D eigenvalue weighted by Crippen LogP contribution is -2.38. The van der Waals surface area contributed by atoms with Crippen molar-refractivity contribution in [1.29, 1.82) is 0 Å². The molecule has 0 atom stereocenters. The molecule has 2 heteroatoms. The van der Waals surface area contributed by atoms with E-state index in [0.29, 0.717) is 0 Å². The van der Waals surface area contributed by atoms with E-state index < -0.39 is 0 Å². The summed E-state index contributed by atoms with van der Waals surface area (Å²) in [7, 11) is 2.07. The molecular weight excluding hydrogens is 172 g/mol. The number of aryl methyl sites for hydroxylation is 2. The number of rotatable bonds is 2. The van der Waals surface area contributed by atoms with Gasteiger partial charge in [0.1, 0.15) is 6.54 Å². The van der Waals surface area contributed by atoms with Gasteiger partial charge in [-0.15, -0.1) is 4.68 Å². The van der Waals surface area contributed by atoms with Gasteiger partial charge in [0.25, 0.3) is 0 Å². The highest BCUT2D eigenvalue weighted by molar-refractivity contribution is 5.15. The fraction of sp³-hybridized carbons (Fsp3) is 0.250. The molecule has 0 bridgehead atoms. The van der Waals surface area contributed by atoms with Gasteiger partial charge in [-0.05, 0) is 12.5 Å². The summed E-state index contributed by atoms with van der Waals surface area (Å²) in [5.41, 5.74) is 2.62. The lowest BCUT2D eigenvalue weighted by atomic mass is 10.2. The first-order valence-electron chi connectivity index (χ1n) is 4.83. The van der Waals surface area contributed by atoms with Crippen molar-refractivity contribution in [3.8, 4) is 0 Å². The van der Waals surface area contributed by atoms with Crippen molar-refractivity contribution in [2.24, 2.45) is 7.05 Å². The molecular formula is C12H15N2+. The SMILES string of the molecule is Cc1cc[n+](C)n1Cc1ccccc1. The van der Waals surface area contributed by atoms with Gasteiger partial charge in [0.05, 0.1) is 5.69 Å².